The largest absolute Gasteiger partial charge is 0.386 e. The van der Waals surface area contributed by atoms with Crippen molar-refractivity contribution < 1.29 is 4.21 Å². The van der Waals surface area contributed by atoms with Gasteiger partial charge in [-0.15, -0.1) is 11.3 Å². The molecular formula is C23H26N2OS2. The van der Waals surface area contributed by atoms with E-state index in [4.69, 9.17) is 10.7 Å². The predicted molar refractivity (Wildman–Crippen MR) is 122 cm³/mol. The van der Waals surface area contributed by atoms with Gasteiger partial charge in [-0.1, -0.05) is 25.1 Å². The summed E-state index contributed by atoms with van der Waals surface area (Å²) in [7, 11) is -1.06. The molecule has 1 aliphatic heterocycles. The molecule has 0 radical (unpaired) electrons. The molecule has 146 valence electrons. The molecule has 0 amide bonds. The zero-order chi connectivity index (χ0) is 19.8. The molecule has 3 aromatic rings. The second-order valence-corrected chi connectivity index (χ2v) is 12.2. The fraction of sp³-hybridized carbons (Fsp3) is 0.435. The first kappa shape index (κ1) is 18.3. The SMILES string of the molecule is CC1CC1c1ccc2c(c1)sc1ccc([C@]3(C)CS(=O)C(C)(C)C(N)=N3)cc12. The van der Waals surface area contributed by atoms with Gasteiger partial charge in [0, 0.05) is 31.0 Å². The van der Waals surface area contributed by atoms with Gasteiger partial charge in [0.2, 0.25) is 0 Å². The van der Waals surface area contributed by atoms with E-state index in [0.717, 1.165) is 17.4 Å². The smallest absolute Gasteiger partial charge is 0.113 e. The van der Waals surface area contributed by atoms with Gasteiger partial charge in [-0.3, -0.25) is 9.20 Å². The normalized spacial score (nSPS) is 31.9. The molecule has 1 saturated carbocycles. The van der Waals surface area contributed by atoms with Crippen LogP contribution in [0.5, 0.6) is 0 Å². The van der Waals surface area contributed by atoms with Crippen LogP contribution in [0.15, 0.2) is 41.4 Å². The molecule has 2 aliphatic rings. The zero-order valence-corrected chi connectivity index (χ0v) is 18.4. The van der Waals surface area contributed by atoms with E-state index in [0.29, 0.717) is 11.6 Å². The molecule has 3 nitrogen and oxygen atoms in total. The molecule has 5 heteroatoms. The highest BCUT2D eigenvalue weighted by Gasteiger charge is 2.43. The van der Waals surface area contributed by atoms with E-state index in [-0.39, 0.29) is 0 Å². The molecule has 2 aromatic carbocycles. The number of hydrogen-bond acceptors (Lipinski definition) is 4. The first-order valence-corrected chi connectivity index (χ1v) is 12.0. The van der Waals surface area contributed by atoms with Crippen molar-refractivity contribution in [2.45, 2.75) is 50.3 Å². The van der Waals surface area contributed by atoms with Crippen molar-refractivity contribution >= 4 is 48.1 Å². The van der Waals surface area contributed by atoms with Gasteiger partial charge in [-0.2, -0.15) is 0 Å². The molecule has 5 rings (SSSR count). The Labute approximate surface area is 172 Å². The van der Waals surface area contributed by atoms with Crippen LogP contribution >= 0.6 is 11.3 Å². The lowest BCUT2D eigenvalue weighted by Gasteiger charge is -2.37. The maximum atomic E-state index is 12.8. The maximum absolute atomic E-state index is 12.8. The predicted octanol–water partition coefficient (Wildman–Crippen LogP) is 5.29. The number of thiophene rings is 1. The first-order valence-electron chi connectivity index (χ1n) is 9.90. The molecule has 4 atom stereocenters. The van der Waals surface area contributed by atoms with Gasteiger partial charge in [0.15, 0.2) is 0 Å². The summed E-state index contributed by atoms with van der Waals surface area (Å²) in [5.41, 5.74) is 8.24. The molecule has 1 fully saturated rings. The zero-order valence-electron chi connectivity index (χ0n) is 16.8. The van der Waals surface area contributed by atoms with Crippen LogP contribution in [0.4, 0.5) is 0 Å². The summed E-state index contributed by atoms with van der Waals surface area (Å²) in [6.45, 7) is 8.20. The Hall–Kier alpha value is -1.72. The fourth-order valence-electron chi connectivity index (χ4n) is 4.28. The number of nitrogens with zero attached hydrogens (tertiary/aromatic N) is 1. The molecule has 2 N–H and O–H groups in total. The summed E-state index contributed by atoms with van der Waals surface area (Å²) in [6, 6.07) is 13.5. The van der Waals surface area contributed by atoms with Crippen LogP contribution in [-0.4, -0.2) is 20.5 Å². The summed E-state index contributed by atoms with van der Waals surface area (Å²) < 4.78 is 14.9. The minimum absolute atomic E-state index is 0.484. The van der Waals surface area contributed by atoms with Gasteiger partial charge in [0.25, 0.3) is 0 Å². The third kappa shape index (κ3) is 2.66. The number of fused-ring (bicyclic) bond motifs is 3. The van der Waals surface area contributed by atoms with Gasteiger partial charge in [-0.25, -0.2) is 0 Å². The summed E-state index contributed by atoms with van der Waals surface area (Å²) in [5.74, 6) is 2.54. The van der Waals surface area contributed by atoms with E-state index >= 15 is 0 Å². The number of amidine groups is 1. The van der Waals surface area contributed by atoms with E-state index in [1.807, 2.05) is 25.2 Å². The van der Waals surface area contributed by atoms with Crippen molar-refractivity contribution in [1.82, 2.24) is 0 Å². The van der Waals surface area contributed by atoms with E-state index in [9.17, 15) is 4.21 Å². The van der Waals surface area contributed by atoms with Gasteiger partial charge in [0.05, 0.1) is 16.0 Å². The minimum atomic E-state index is -1.06. The van der Waals surface area contributed by atoms with Crippen LogP contribution in [0.25, 0.3) is 20.2 Å². The summed E-state index contributed by atoms with van der Waals surface area (Å²) in [5, 5.41) is 2.57. The van der Waals surface area contributed by atoms with Crippen molar-refractivity contribution in [2.24, 2.45) is 16.6 Å². The lowest BCUT2D eigenvalue weighted by atomic mass is 9.92. The van der Waals surface area contributed by atoms with Crippen LogP contribution in [0.3, 0.4) is 0 Å². The molecule has 0 spiro atoms. The topological polar surface area (TPSA) is 55.5 Å². The summed E-state index contributed by atoms with van der Waals surface area (Å²) in [6.07, 6.45) is 1.31. The third-order valence-electron chi connectivity index (χ3n) is 6.62. The van der Waals surface area contributed by atoms with E-state index in [2.05, 4.69) is 50.2 Å². The highest BCUT2D eigenvalue weighted by atomic mass is 32.2. The number of nitrogens with two attached hydrogens (primary N) is 1. The molecule has 0 saturated heterocycles. The lowest BCUT2D eigenvalue weighted by Crippen LogP contribution is -2.51. The summed E-state index contributed by atoms with van der Waals surface area (Å²) >= 11 is 1.86. The van der Waals surface area contributed by atoms with Crippen LogP contribution in [0.2, 0.25) is 0 Å². The van der Waals surface area contributed by atoms with Crippen LogP contribution in [0.1, 0.15) is 51.2 Å². The number of rotatable bonds is 2. The Morgan fingerprint density at radius 1 is 1.11 bits per heavy atom. The molecular weight excluding hydrogens is 384 g/mol. The van der Waals surface area contributed by atoms with Crippen molar-refractivity contribution in [1.29, 1.82) is 0 Å². The molecule has 2 heterocycles. The molecule has 0 bridgehead atoms. The van der Waals surface area contributed by atoms with E-state index in [1.165, 1.54) is 32.2 Å². The Balaban J connectivity index is 1.62. The van der Waals surface area contributed by atoms with Crippen molar-refractivity contribution in [3.8, 4) is 0 Å². The highest BCUT2D eigenvalue weighted by molar-refractivity contribution is 7.87. The Kier molecular flexibility index (Phi) is 3.86. The van der Waals surface area contributed by atoms with Gasteiger partial charge in [0.1, 0.15) is 5.84 Å². The highest BCUT2D eigenvalue weighted by Crippen LogP contribution is 2.48. The van der Waals surface area contributed by atoms with Crippen LogP contribution < -0.4 is 5.73 Å². The van der Waals surface area contributed by atoms with E-state index < -0.39 is 21.1 Å². The Morgan fingerprint density at radius 3 is 2.54 bits per heavy atom. The average Bonchev–Trinajstić information content (AvgIpc) is 3.26. The van der Waals surface area contributed by atoms with Crippen molar-refractivity contribution in [3.63, 3.8) is 0 Å². The number of benzene rings is 2. The van der Waals surface area contributed by atoms with Crippen LogP contribution in [-0.2, 0) is 16.3 Å². The maximum Gasteiger partial charge on any atom is 0.113 e. The lowest BCUT2D eigenvalue weighted by molar-refractivity contribution is 0.535. The minimum Gasteiger partial charge on any atom is -0.386 e. The van der Waals surface area contributed by atoms with Crippen molar-refractivity contribution in [3.05, 3.63) is 47.5 Å². The first-order chi connectivity index (χ1) is 13.2. The standard InChI is InChI=1S/C23H26N2OS2/c1-13-9-17(13)14-5-7-16-18-11-15(6-8-19(18)27-20(16)10-14)23(4)12-28(26)22(2,3)21(24)25-23/h5-8,10-11,13,17H,9,12H2,1-4H3,(H2,24,25)/t13?,17?,23-,28?/m0/s1. The Morgan fingerprint density at radius 2 is 1.86 bits per heavy atom. The molecule has 1 aliphatic carbocycles. The van der Waals surface area contributed by atoms with Gasteiger partial charge >= 0.3 is 0 Å². The van der Waals surface area contributed by atoms with E-state index in [1.54, 1.807) is 0 Å². The van der Waals surface area contributed by atoms with Crippen LogP contribution in [0, 0.1) is 5.92 Å². The fourth-order valence-corrected chi connectivity index (χ4v) is 6.80. The quantitative estimate of drug-likeness (QED) is 0.624. The molecule has 1 aromatic heterocycles. The second-order valence-electron chi connectivity index (χ2n) is 9.16. The molecule has 3 unspecified atom stereocenters. The van der Waals surface area contributed by atoms with Crippen molar-refractivity contribution in [2.75, 3.05) is 5.75 Å². The Bertz CT molecular complexity index is 1180. The number of aliphatic imine (C=N–C) groups is 1. The average molecular weight is 411 g/mol. The monoisotopic (exact) mass is 410 g/mol. The second kappa shape index (κ2) is 5.90. The third-order valence-corrected chi connectivity index (χ3v) is 9.93. The number of hydrogen-bond donors (Lipinski definition) is 1. The van der Waals surface area contributed by atoms with Gasteiger partial charge in [-0.05, 0) is 68.4 Å². The van der Waals surface area contributed by atoms with Gasteiger partial charge < -0.3 is 5.73 Å². The molecule has 28 heavy (non-hydrogen) atoms. The summed E-state index contributed by atoms with van der Waals surface area (Å²) in [4.78, 5) is 4.82.